The van der Waals surface area contributed by atoms with E-state index in [1.54, 1.807) is 16.8 Å². The van der Waals surface area contributed by atoms with E-state index in [4.69, 9.17) is 10.2 Å². The van der Waals surface area contributed by atoms with Crippen molar-refractivity contribution in [3.63, 3.8) is 0 Å². The maximum atomic E-state index is 15.3. The molecule has 7 rings (SSSR count). The average molecular weight is 648 g/mol. The summed E-state index contributed by atoms with van der Waals surface area (Å²) in [6.45, 7) is 0. The number of fused-ring (bicyclic) bond motifs is 1. The summed E-state index contributed by atoms with van der Waals surface area (Å²) in [5.41, 5.74) is 4.54. The molecule has 10 nitrogen and oxygen atoms in total. The van der Waals surface area contributed by atoms with Crippen molar-refractivity contribution in [2.45, 2.75) is 30.6 Å². The number of nitrogens with two attached hydrogens (primary N) is 1. The number of carboxylic acids is 1. The van der Waals surface area contributed by atoms with Gasteiger partial charge in [-0.25, -0.2) is 28.2 Å². The molecule has 3 aromatic carbocycles. The minimum absolute atomic E-state index is 0.119. The van der Waals surface area contributed by atoms with E-state index in [9.17, 15) is 23.1 Å². The molecule has 1 saturated carbocycles. The molecule has 0 aliphatic heterocycles. The van der Waals surface area contributed by atoms with Crippen LogP contribution in [0.15, 0.2) is 70.9 Å². The van der Waals surface area contributed by atoms with E-state index in [0.29, 0.717) is 51.2 Å². The summed E-state index contributed by atoms with van der Waals surface area (Å²) in [6.07, 6.45) is 2.79. The molecule has 228 valence electrons. The van der Waals surface area contributed by atoms with Crippen molar-refractivity contribution in [1.29, 1.82) is 0 Å². The molecule has 1 atom stereocenters. The van der Waals surface area contributed by atoms with Crippen LogP contribution in [0, 0.1) is 17.6 Å². The molecule has 0 spiro atoms. The Hall–Kier alpha value is -4.63. The van der Waals surface area contributed by atoms with E-state index in [-0.39, 0.29) is 17.7 Å². The molecule has 1 fully saturated rings. The third kappa shape index (κ3) is 5.68. The number of rotatable bonds is 9. The fourth-order valence-electron chi connectivity index (χ4n) is 5.36. The molecule has 3 aromatic heterocycles. The van der Waals surface area contributed by atoms with E-state index in [1.807, 2.05) is 24.3 Å². The van der Waals surface area contributed by atoms with Gasteiger partial charge in [0, 0.05) is 29.0 Å². The van der Waals surface area contributed by atoms with Crippen LogP contribution in [0.4, 0.5) is 8.78 Å². The summed E-state index contributed by atoms with van der Waals surface area (Å²) in [7, 11) is -4.01. The number of nitrogens with one attached hydrogen (secondary N) is 1. The predicted octanol–water partition coefficient (Wildman–Crippen LogP) is 6.26. The zero-order chi connectivity index (χ0) is 31.5. The van der Waals surface area contributed by atoms with Crippen LogP contribution in [-0.2, 0) is 27.5 Å². The molecule has 6 aromatic rings. The Morgan fingerprint density at radius 1 is 1.09 bits per heavy atom. The third-order valence-corrected chi connectivity index (χ3v) is 9.52. The monoisotopic (exact) mass is 647 g/mol. The Balaban J connectivity index is 1.41. The molecule has 0 radical (unpaired) electrons. The zero-order valence-electron chi connectivity index (χ0n) is 23.4. The van der Waals surface area contributed by atoms with E-state index in [2.05, 4.69) is 15.0 Å². The number of imidazole rings is 1. The molecule has 1 aliphatic rings. The summed E-state index contributed by atoms with van der Waals surface area (Å²) in [5, 5.41) is 21.5. The van der Waals surface area contributed by atoms with Gasteiger partial charge in [-0.2, -0.15) is 9.65 Å². The number of halogens is 2. The van der Waals surface area contributed by atoms with Gasteiger partial charge in [-0.15, -0.1) is 16.5 Å². The highest BCUT2D eigenvalue weighted by Gasteiger charge is 2.31. The van der Waals surface area contributed by atoms with Crippen molar-refractivity contribution in [1.82, 2.24) is 24.7 Å². The number of para-hydroxylation sites is 2. The molecule has 5 N–H and O–H groups in total. The summed E-state index contributed by atoms with van der Waals surface area (Å²) >= 11 is 1.13. The minimum atomic E-state index is -4.01. The Labute approximate surface area is 260 Å². The van der Waals surface area contributed by atoms with Crippen LogP contribution in [0.1, 0.15) is 40.2 Å². The molecule has 0 amide bonds. The second kappa shape index (κ2) is 11.1. The van der Waals surface area contributed by atoms with Crippen LogP contribution in [0.2, 0.25) is 0 Å². The van der Waals surface area contributed by atoms with Gasteiger partial charge < -0.3 is 10.1 Å². The van der Waals surface area contributed by atoms with Crippen molar-refractivity contribution in [2.75, 3.05) is 0 Å². The quantitative estimate of drug-likeness (QED) is 0.135. The van der Waals surface area contributed by atoms with Gasteiger partial charge in [0.25, 0.3) is 0 Å². The number of nitrogens with zero attached hydrogens (tertiary/aromatic N) is 4. The van der Waals surface area contributed by atoms with Crippen LogP contribution in [-0.4, -0.2) is 40.4 Å². The normalized spacial score (nSPS) is 14.6. The maximum Gasteiger partial charge on any atom is 0.355 e. The lowest BCUT2D eigenvalue weighted by molar-refractivity contribution is 0.0691. The first kappa shape index (κ1) is 29.1. The van der Waals surface area contributed by atoms with Gasteiger partial charge in [0.15, 0.2) is 11.5 Å². The second-order valence-electron chi connectivity index (χ2n) is 11.0. The number of aromatic carboxylic acids is 1. The number of H-pyrrole nitrogens is 1. The Kier molecular flexibility index (Phi) is 7.16. The second-order valence-corrected chi connectivity index (χ2v) is 13.4. The fourth-order valence-corrected chi connectivity index (χ4v) is 6.73. The number of hydrogen-bond acceptors (Lipinski definition) is 6. The van der Waals surface area contributed by atoms with Crippen molar-refractivity contribution < 1.29 is 27.4 Å². The van der Waals surface area contributed by atoms with Crippen LogP contribution in [0.25, 0.3) is 38.8 Å². The number of aromatic amines is 1. The van der Waals surface area contributed by atoms with Gasteiger partial charge in [-0.3, -0.25) is 0 Å². The molecule has 0 bridgehead atoms. The number of hydrogen-bond donors (Lipinski definition) is 4. The molecule has 1 unspecified atom stereocenters. The van der Waals surface area contributed by atoms with Crippen molar-refractivity contribution in [3.05, 3.63) is 100 Å². The number of carbonyl (C=O) groups is 1. The van der Waals surface area contributed by atoms with Crippen LogP contribution < -0.4 is 5.14 Å². The number of benzene rings is 3. The Bertz CT molecular complexity index is 2130. The topological polar surface area (TPSA) is 160 Å². The van der Waals surface area contributed by atoms with Gasteiger partial charge in [-0.05, 0) is 71.4 Å². The summed E-state index contributed by atoms with van der Waals surface area (Å²) in [5.74, 6) is -1.86. The minimum Gasteiger partial charge on any atom is -0.476 e. The summed E-state index contributed by atoms with van der Waals surface area (Å²) in [6, 6.07) is 15.8. The third-order valence-electron chi connectivity index (χ3n) is 7.74. The molecule has 45 heavy (non-hydrogen) atoms. The predicted molar refractivity (Wildman–Crippen MR) is 165 cm³/mol. The lowest BCUT2D eigenvalue weighted by atomic mass is 9.96. The summed E-state index contributed by atoms with van der Waals surface area (Å²) in [4.78, 5) is 23.2. The van der Waals surface area contributed by atoms with Crippen molar-refractivity contribution in [3.8, 4) is 27.8 Å². The van der Waals surface area contributed by atoms with E-state index in [1.165, 1.54) is 23.6 Å². The SMILES string of the molecule is N[S+](=O)(O)c1ccc(Cc2c(-c3ccc(F)c(-c4nc5ccccc5[nH]4)c3)nn(-c3nc(C(=O)O)cs3)c2CC2CC2)cc1F. The number of carboxylic acid groups (broad SMARTS) is 1. The average Bonchev–Trinajstić information content (AvgIpc) is 3.36. The first-order valence-electron chi connectivity index (χ1n) is 13.9. The maximum absolute atomic E-state index is 15.3. The lowest BCUT2D eigenvalue weighted by Gasteiger charge is -2.10. The van der Waals surface area contributed by atoms with E-state index < -0.39 is 32.9 Å². The largest absolute Gasteiger partial charge is 0.476 e. The number of thiazole rings is 1. The zero-order valence-corrected chi connectivity index (χ0v) is 25.0. The lowest BCUT2D eigenvalue weighted by Crippen LogP contribution is -2.22. The van der Waals surface area contributed by atoms with Gasteiger partial charge in [0.2, 0.25) is 10.0 Å². The first-order valence-corrected chi connectivity index (χ1v) is 16.4. The van der Waals surface area contributed by atoms with Crippen molar-refractivity contribution >= 4 is 38.7 Å². The highest BCUT2D eigenvalue weighted by atomic mass is 32.3. The van der Waals surface area contributed by atoms with Crippen LogP contribution in [0.3, 0.4) is 0 Å². The van der Waals surface area contributed by atoms with Gasteiger partial charge in [0.1, 0.15) is 11.6 Å². The van der Waals surface area contributed by atoms with Gasteiger partial charge in [-0.1, -0.05) is 18.2 Å². The molecule has 0 saturated heterocycles. The standard InChI is InChI=1S/C31H24F2N6O4S2/c32-21-9-8-18(14-19(21)29-35-23-3-1-2-4-24(23)36-29)28-20(11-17-7-10-27(22(33)12-17)45(34,42)43)26(13-16-5-6-16)39(38-28)31-37-25(15-44-31)30(40)41/h1-4,7-10,12,14-16H,5-6,11,13H2,(H4-,34,35,36,40,41,42,43)/p+1. The fraction of sp³-hybridized carbons (Fsp3) is 0.161. The Morgan fingerprint density at radius 2 is 1.89 bits per heavy atom. The van der Waals surface area contributed by atoms with Crippen LogP contribution in [0.5, 0.6) is 0 Å². The summed E-state index contributed by atoms with van der Waals surface area (Å²) < 4.78 is 53.5. The van der Waals surface area contributed by atoms with Crippen molar-refractivity contribution in [2.24, 2.45) is 11.1 Å². The smallest absolute Gasteiger partial charge is 0.355 e. The molecular formula is C31H25F2N6O4S2+. The Morgan fingerprint density at radius 3 is 2.58 bits per heavy atom. The molecular weight excluding hydrogens is 623 g/mol. The highest BCUT2D eigenvalue weighted by molar-refractivity contribution is 7.95. The molecule has 3 heterocycles. The number of aromatic nitrogens is 5. The molecule has 14 heteroatoms. The first-order chi connectivity index (χ1) is 21.5. The van der Waals surface area contributed by atoms with E-state index in [0.717, 1.165) is 41.5 Å². The van der Waals surface area contributed by atoms with Gasteiger partial charge in [0.05, 0.1) is 28.0 Å². The highest BCUT2D eigenvalue weighted by Crippen LogP contribution is 2.39. The van der Waals surface area contributed by atoms with Gasteiger partial charge >= 0.3 is 16.4 Å². The van der Waals surface area contributed by atoms with E-state index >= 15 is 4.39 Å². The molecule has 1 aliphatic carbocycles. The van der Waals surface area contributed by atoms with Crippen LogP contribution >= 0.6 is 11.3 Å².